The number of esters is 2. The van der Waals surface area contributed by atoms with Crippen LogP contribution in [0.4, 0.5) is 0 Å². The fraction of sp³-hybridized carbons (Fsp3) is 0.517. The Kier molecular flexibility index (Phi) is 7.92. The van der Waals surface area contributed by atoms with Crippen LogP contribution in [-0.4, -0.2) is 49.3 Å². The van der Waals surface area contributed by atoms with E-state index in [-0.39, 0.29) is 6.61 Å². The van der Waals surface area contributed by atoms with Gasteiger partial charge in [0.05, 0.1) is 17.4 Å². The quantitative estimate of drug-likeness (QED) is 0.527. The van der Waals surface area contributed by atoms with Crippen LogP contribution < -0.4 is 4.74 Å². The third-order valence-corrected chi connectivity index (χ3v) is 6.06. The van der Waals surface area contributed by atoms with Gasteiger partial charge in [-0.3, -0.25) is 9.59 Å². The second kappa shape index (κ2) is 10.8. The molecule has 2 aromatic rings. The molecule has 0 amide bonds. The molecule has 0 spiro atoms. The van der Waals surface area contributed by atoms with E-state index in [0.29, 0.717) is 5.75 Å². The first-order valence-electron chi connectivity index (χ1n) is 12.5. The number of para-hydroxylation sites is 1. The van der Waals surface area contributed by atoms with Crippen molar-refractivity contribution in [3.63, 3.8) is 0 Å². The lowest BCUT2D eigenvalue weighted by atomic mass is 9.93. The van der Waals surface area contributed by atoms with Gasteiger partial charge in [0.2, 0.25) is 12.4 Å². The van der Waals surface area contributed by atoms with Crippen LogP contribution in [-0.2, 0) is 33.3 Å². The molecule has 200 valence electrons. The first-order chi connectivity index (χ1) is 17.4. The van der Waals surface area contributed by atoms with Crippen molar-refractivity contribution in [3.05, 3.63) is 66.2 Å². The van der Waals surface area contributed by atoms with Crippen LogP contribution in [0.2, 0.25) is 0 Å². The Hall–Kier alpha value is -2.94. The molecule has 8 heteroatoms. The zero-order chi connectivity index (χ0) is 26.8. The molecule has 2 heterocycles. The highest BCUT2D eigenvalue weighted by atomic mass is 16.8. The molecule has 4 rings (SSSR count). The lowest BCUT2D eigenvalue weighted by molar-refractivity contribution is -0.352. The summed E-state index contributed by atoms with van der Waals surface area (Å²) < 4.78 is 36.7. The highest BCUT2D eigenvalue weighted by Gasteiger charge is 2.55. The third kappa shape index (κ3) is 6.50. The number of fused-ring (bicyclic) bond motifs is 1. The van der Waals surface area contributed by atoms with Gasteiger partial charge >= 0.3 is 11.9 Å². The van der Waals surface area contributed by atoms with Crippen molar-refractivity contribution >= 4 is 11.9 Å². The van der Waals surface area contributed by atoms with Crippen LogP contribution in [0.15, 0.2) is 60.7 Å². The minimum atomic E-state index is -1.09. The molecule has 0 N–H and O–H groups in total. The van der Waals surface area contributed by atoms with Crippen LogP contribution in [0.1, 0.15) is 53.4 Å². The minimum Gasteiger partial charge on any atom is -0.461 e. The number of hydrogen-bond donors (Lipinski definition) is 0. The van der Waals surface area contributed by atoms with E-state index in [1.54, 1.807) is 53.7 Å². The van der Waals surface area contributed by atoms with Gasteiger partial charge in [0.25, 0.3) is 0 Å². The van der Waals surface area contributed by atoms with E-state index in [0.717, 1.165) is 5.56 Å². The predicted molar refractivity (Wildman–Crippen MR) is 134 cm³/mol. The molecule has 8 nitrogen and oxygen atoms in total. The molecule has 37 heavy (non-hydrogen) atoms. The van der Waals surface area contributed by atoms with Gasteiger partial charge in [-0.05, 0) is 53.7 Å². The van der Waals surface area contributed by atoms with Crippen molar-refractivity contribution in [1.29, 1.82) is 0 Å². The molecule has 0 unspecified atom stereocenters. The fourth-order valence-electron chi connectivity index (χ4n) is 3.91. The maximum atomic E-state index is 13.1. The molecular formula is C29H36O8. The summed E-state index contributed by atoms with van der Waals surface area (Å²) in [5, 5.41) is 0. The van der Waals surface area contributed by atoms with Gasteiger partial charge in [0, 0.05) is 5.56 Å². The molecule has 2 saturated heterocycles. The summed E-state index contributed by atoms with van der Waals surface area (Å²) in [5.41, 5.74) is -0.796. The van der Waals surface area contributed by atoms with E-state index in [4.69, 9.17) is 28.4 Å². The maximum Gasteiger partial charge on any atom is 0.311 e. The van der Waals surface area contributed by atoms with E-state index in [1.165, 1.54) is 0 Å². The molecule has 2 fully saturated rings. The van der Waals surface area contributed by atoms with E-state index < -0.39 is 59.8 Å². The second-order valence-corrected chi connectivity index (χ2v) is 11.4. The van der Waals surface area contributed by atoms with Crippen LogP contribution >= 0.6 is 0 Å². The molecule has 2 aliphatic heterocycles. The van der Waals surface area contributed by atoms with Crippen molar-refractivity contribution in [2.45, 2.75) is 78.5 Å². The first kappa shape index (κ1) is 27.1. The lowest BCUT2D eigenvalue weighted by Gasteiger charge is -2.48. The normalized spacial score (nSPS) is 28.1. The summed E-state index contributed by atoms with van der Waals surface area (Å²) in [6.07, 6.45) is -5.25. The average Bonchev–Trinajstić information content (AvgIpc) is 2.85. The Morgan fingerprint density at radius 2 is 1.30 bits per heavy atom. The van der Waals surface area contributed by atoms with Crippen molar-refractivity contribution in [2.24, 2.45) is 10.8 Å². The zero-order valence-electron chi connectivity index (χ0n) is 22.2. The first-order valence-corrected chi connectivity index (χ1v) is 12.5. The van der Waals surface area contributed by atoms with E-state index in [1.807, 2.05) is 48.5 Å². The fourth-order valence-corrected chi connectivity index (χ4v) is 3.91. The largest absolute Gasteiger partial charge is 0.461 e. The second-order valence-electron chi connectivity index (χ2n) is 11.4. The highest BCUT2D eigenvalue weighted by molar-refractivity contribution is 5.76. The number of carbonyl (C=O) groups is 2. The highest BCUT2D eigenvalue weighted by Crippen LogP contribution is 2.38. The molecule has 0 radical (unpaired) electrons. The van der Waals surface area contributed by atoms with Gasteiger partial charge in [-0.2, -0.15) is 0 Å². The van der Waals surface area contributed by atoms with Gasteiger partial charge in [0.1, 0.15) is 18.0 Å². The molecule has 2 aliphatic rings. The zero-order valence-corrected chi connectivity index (χ0v) is 22.2. The van der Waals surface area contributed by atoms with E-state index in [2.05, 4.69) is 0 Å². The molecule has 0 aromatic heterocycles. The van der Waals surface area contributed by atoms with Gasteiger partial charge in [-0.15, -0.1) is 0 Å². The SMILES string of the molecule is CC(C)(C)C(=O)O[C@@H]1[C@@H](OC(=O)C(C)(C)C)[C@H](Oc2ccccc2)O[C@@H]2CO[C@@H](c3ccccc3)O[C@@H]12. The topological polar surface area (TPSA) is 89.5 Å². The summed E-state index contributed by atoms with van der Waals surface area (Å²) in [5.74, 6) is -0.423. The number of rotatable bonds is 5. The number of hydrogen-bond acceptors (Lipinski definition) is 8. The monoisotopic (exact) mass is 512 g/mol. The smallest absolute Gasteiger partial charge is 0.311 e. The van der Waals surface area contributed by atoms with Gasteiger partial charge in [-0.25, -0.2) is 0 Å². The molecule has 6 atom stereocenters. The van der Waals surface area contributed by atoms with Crippen molar-refractivity contribution in [3.8, 4) is 5.75 Å². The van der Waals surface area contributed by atoms with E-state index >= 15 is 0 Å². The van der Waals surface area contributed by atoms with Gasteiger partial charge < -0.3 is 28.4 Å². The Morgan fingerprint density at radius 3 is 1.86 bits per heavy atom. The summed E-state index contributed by atoms with van der Waals surface area (Å²) in [6.45, 7) is 10.7. The van der Waals surface area contributed by atoms with Crippen LogP contribution in [0.5, 0.6) is 5.75 Å². The molecule has 2 aromatic carbocycles. The van der Waals surface area contributed by atoms with Crippen molar-refractivity contribution < 1.29 is 38.0 Å². The molecule has 0 aliphatic carbocycles. The number of carbonyl (C=O) groups excluding carboxylic acids is 2. The standard InChI is InChI=1S/C29H36O8/c1-28(2,3)26(30)36-22-21-20(17-32-24(35-21)18-13-9-7-10-14-18)34-25(33-19-15-11-8-12-16-19)23(22)37-27(31)29(4,5)6/h7-16,20-25H,17H2,1-6H3/t20-,21-,22+,23-,24-,25-/m1/s1. The minimum absolute atomic E-state index is 0.169. The Morgan fingerprint density at radius 1 is 0.757 bits per heavy atom. The molecule has 0 saturated carbocycles. The number of benzene rings is 2. The summed E-state index contributed by atoms with van der Waals surface area (Å²) in [6, 6.07) is 18.5. The van der Waals surface area contributed by atoms with Gasteiger partial charge in [0.15, 0.2) is 12.4 Å². The number of ether oxygens (including phenoxy) is 6. The lowest BCUT2D eigenvalue weighted by Crippen LogP contribution is -2.65. The van der Waals surface area contributed by atoms with Crippen LogP contribution in [0.3, 0.4) is 0 Å². The Bertz CT molecular complexity index is 1060. The van der Waals surface area contributed by atoms with Crippen molar-refractivity contribution in [1.82, 2.24) is 0 Å². The third-order valence-electron chi connectivity index (χ3n) is 6.06. The summed E-state index contributed by atoms with van der Waals surface area (Å²) >= 11 is 0. The maximum absolute atomic E-state index is 13.1. The van der Waals surface area contributed by atoms with Gasteiger partial charge in [-0.1, -0.05) is 48.5 Å². The van der Waals surface area contributed by atoms with Crippen LogP contribution in [0.25, 0.3) is 0 Å². The summed E-state index contributed by atoms with van der Waals surface area (Å²) in [4.78, 5) is 26.2. The van der Waals surface area contributed by atoms with Crippen LogP contribution in [0, 0.1) is 10.8 Å². The Balaban J connectivity index is 1.70. The predicted octanol–water partition coefficient (Wildman–Crippen LogP) is 4.82. The molecular weight excluding hydrogens is 476 g/mol. The molecule has 0 bridgehead atoms. The van der Waals surface area contributed by atoms with Crippen molar-refractivity contribution in [2.75, 3.05) is 6.61 Å². The summed E-state index contributed by atoms with van der Waals surface area (Å²) in [7, 11) is 0. The average molecular weight is 513 g/mol. The Labute approximate surface area is 218 Å². The van der Waals surface area contributed by atoms with E-state index in [9.17, 15) is 9.59 Å².